The van der Waals surface area contributed by atoms with Gasteiger partial charge in [-0.05, 0) is 57.7 Å². The monoisotopic (exact) mass is 768 g/mol. The smallest absolute Gasteiger partial charge is 0.410 e. The molecule has 2 atom stereocenters. The number of nitrogens with zero attached hydrogens (tertiary/aromatic N) is 6. The molecule has 14 nitrogen and oxygen atoms in total. The zero-order chi connectivity index (χ0) is 40.8. The van der Waals surface area contributed by atoms with E-state index >= 15 is 13.2 Å². The van der Waals surface area contributed by atoms with Gasteiger partial charge >= 0.3 is 23.3 Å². The quantitative estimate of drug-likeness (QED) is 0.103. The molecule has 0 spiro atoms. The van der Waals surface area contributed by atoms with Gasteiger partial charge in [-0.2, -0.15) is 0 Å². The molecule has 0 unspecified atom stereocenters. The van der Waals surface area contributed by atoms with Gasteiger partial charge in [-0.3, -0.25) is 19.5 Å². The number of benzene rings is 2. The minimum absolute atomic E-state index is 0.0817. The number of methoxy groups -OCH3 is 2. The topological polar surface area (TPSA) is 159 Å². The number of carbonyl (C=O) groups excluding carboxylic acids is 2. The third-order valence-corrected chi connectivity index (χ3v) is 9.25. The fourth-order valence-electron chi connectivity index (χ4n) is 6.88. The highest BCUT2D eigenvalue weighted by Crippen LogP contribution is 2.45. The Bertz CT molecular complexity index is 2230. The van der Waals surface area contributed by atoms with Gasteiger partial charge in [0.15, 0.2) is 5.82 Å². The highest BCUT2D eigenvalue weighted by atomic mass is 19.1. The lowest BCUT2D eigenvalue weighted by molar-refractivity contribution is -0.385. The summed E-state index contributed by atoms with van der Waals surface area (Å²) in [7, 11) is 2.24. The normalized spacial score (nSPS) is 16.2. The van der Waals surface area contributed by atoms with Crippen molar-refractivity contribution in [2.45, 2.75) is 84.9 Å². The van der Waals surface area contributed by atoms with Gasteiger partial charge in [0.1, 0.15) is 41.0 Å². The molecule has 0 saturated carbocycles. The number of rotatable bonds is 8. The average molecular weight is 769 g/mol. The van der Waals surface area contributed by atoms with Crippen molar-refractivity contribution >= 4 is 34.3 Å². The Balaban J connectivity index is 2.01. The average Bonchev–Trinajstić information content (AvgIpc) is 3.10. The molecule has 1 fully saturated rings. The molecule has 2 aromatic heterocycles. The third-order valence-electron chi connectivity index (χ3n) is 9.25. The van der Waals surface area contributed by atoms with Crippen LogP contribution in [-0.4, -0.2) is 81.4 Å². The number of hydrogen-bond acceptors (Lipinski definition) is 11. The lowest BCUT2D eigenvalue weighted by Crippen LogP contribution is -2.62. The summed E-state index contributed by atoms with van der Waals surface area (Å²) in [5.41, 5.74) is -5.91. The lowest BCUT2D eigenvalue weighted by atomic mass is 9.96. The molecule has 1 saturated heterocycles. The van der Waals surface area contributed by atoms with E-state index in [2.05, 4.69) is 9.97 Å². The number of piperazine rings is 1. The van der Waals surface area contributed by atoms with E-state index in [0.29, 0.717) is 0 Å². The molecule has 4 aromatic rings. The maximum Gasteiger partial charge on any atom is 0.410 e. The first-order valence-corrected chi connectivity index (χ1v) is 17.5. The molecular formula is C38H43F3N6O8. The van der Waals surface area contributed by atoms with Gasteiger partial charge in [-0.1, -0.05) is 33.8 Å². The summed E-state index contributed by atoms with van der Waals surface area (Å²) in [6, 6.07) is 1.95. The van der Waals surface area contributed by atoms with Crippen LogP contribution in [0.25, 0.3) is 27.7 Å². The zero-order valence-corrected chi connectivity index (χ0v) is 32.2. The van der Waals surface area contributed by atoms with Crippen LogP contribution in [0.15, 0.2) is 35.4 Å². The van der Waals surface area contributed by atoms with Crippen LogP contribution in [0.1, 0.15) is 78.6 Å². The minimum atomic E-state index is -1.53. The molecule has 2 aromatic carbocycles. The van der Waals surface area contributed by atoms with E-state index < -0.39 is 109 Å². The van der Waals surface area contributed by atoms with Crippen molar-refractivity contribution in [2.24, 2.45) is 0 Å². The van der Waals surface area contributed by atoms with E-state index in [1.807, 2.05) is 0 Å². The molecule has 5 rings (SSSR count). The molecule has 55 heavy (non-hydrogen) atoms. The Morgan fingerprint density at radius 3 is 2.11 bits per heavy atom. The molecule has 3 heterocycles. The number of halogens is 3. The van der Waals surface area contributed by atoms with E-state index in [0.717, 1.165) is 28.7 Å². The number of nitro groups is 1. The fourth-order valence-corrected chi connectivity index (χ4v) is 6.88. The Hall–Kier alpha value is -5.74. The van der Waals surface area contributed by atoms with Gasteiger partial charge in [0.25, 0.3) is 0 Å². The molecule has 1 aliphatic rings. The van der Waals surface area contributed by atoms with E-state index in [1.54, 1.807) is 55.4 Å². The largest absolute Gasteiger partial charge is 0.496 e. The van der Waals surface area contributed by atoms with Gasteiger partial charge in [-0.25, -0.2) is 32.7 Å². The molecule has 0 N–H and O–H groups in total. The molecule has 0 aliphatic carbocycles. The SMILES string of the molecule is COC(=O)[C@H]1CN(C(=O)OC(C)(C)C)[C@H](C)CN1c1c([N+](=O)[O-])c(=O)n(-c2c(C(C)C)ncnc2C(C)C)c2c(F)c(-c3c(F)cccc3OC)c(F)cc12. The Morgan fingerprint density at radius 1 is 0.964 bits per heavy atom. The summed E-state index contributed by atoms with van der Waals surface area (Å²) >= 11 is 0. The van der Waals surface area contributed by atoms with Crippen molar-refractivity contribution < 1.29 is 41.9 Å². The summed E-state index contributed by atoms with van der Waals surface area (Å²) in [6.45, 7) is 12.7. The Kier molecular flexibility index (Phi) is 11.2. The summed E-state index contributed by atoms with van der Waals surface area (Å²) in [4.78, 5) is 65.0. The first-order valence-electron chi connectivity index (χ1n) is 17.5. The lowest BCUT2D eigenvalue weighted by Gasteiger charge is -2.45. The van der Waals surface area contributed by atoms with Crippen molar-refractivity contribution in [3.05, 3.63) is 79.9 Å². The van der Waals surface area contributed by atoms with E-state index in [9.17, 15) is 24.5 Å². The highest BCUT2D eigenvalue weighted by molar-refractivity contribution is 6.02. The van der Waals surface area contributed by atoms with Gasteiger partial charge in [0.2, 0.25) is 0 Å². The molecule has 294 valence electrons. The maximum absolute atomic E-state index is 17.7. The number of fused-ring (bicyclic) bond motifs is 1. The van der Waals surface area contributed by atoms with Crippen LogP contribution in [0, 0.1) is 27.6 Å². The van der Waals surface area contributed by atoms with Crippen molar-refractivity contribution in [1.82, 2.24) is 19.4 Å². The second kappa shape index (κ2) is 15.2. The van der Waals surface area contributed by atoms with Crippen molar-refractivity contribution in [1.29, 1.82) is 0 Å². The van der Waals surface area contributed by atoms with E-state index in [1.165, 1.54) is 30.5 Å². The third kappa shape index (κ3) is 7.26. The van der Waals surface area contributed by atoms with Gasteiger partial charge in [0.05, 0.1) is 59.4 Å². The summed E-state index contributed by atoms with van der Waals surface area (Å²) in [5.74, 6) is -5.98. The molecule has 17 heteroatoms. The van der Waals surface area contributed by atoms with Gasteiger partial charge in [0, 0.05) is 18.0 Å². The number of aromatic nitrogens is 3. The Labute approximate surface area is 315 Å². The van der Waals surface area contributed by atoms with Crippen LogP contribution in [0.3, 0.4) is 0 Å². The van der Waals surface area contributed by atoms with Crippen LogP contribution >= 0.6 is 0 Å². The second-order valence-electron chi connectivity index (χ2n) is 14.8. The van der Waals surface area contributed by atoms with Crippen LogP contribution in [-0.2, 0) is 14.3 Å². The minimum Gasteiger partial charge on any atom is -0.496 e. The molecule has 1 aliphatic heterocycles. The van der Waals surface area contributed by atoms with Crippen molar-refractivity contribution in [2.75, 3.05) is 32.2 Å². The predicted molar refractivity (Wildman–Crippen MR) is 197 cm³/mol. The molecule has 0 radical (unpaired) electrons. The maximum atomic E-state index is 17.7. The van der Waals surface area contributed by atoms with Gasteiger partial charge in [-0.15, -0.1) is 0 Å². The number of hydrogen-bond donors (Lipinski definition) is 0. The number of amides is 1. The van der Waals surface area contributed by atoms with Crippen molar-refractivity contribution in [3.63, 3.8) is 0 Å². The number of esters is 1. The summed E-state index contributed by atoms with van der Waals surface area (Å²) in [5, 5.41) is 12.7. The van der Waals surface area contributed by atoms with Crippen molar-refractivity contribution in [3.8, 4) is 22.6 Å². The predicted octanol–water partition coefficient (Wildman–Crippen LogP) is 7.02. The molecule has 0 bridgehead atoms. The highest BCUT2D eigenvalue weighted by Gasteiger charge is 2.45. The fraction of sp³-hybridized carbons (Fsp3) is 0.447. The van der Waals surface area contributed by atoms with E-state index in [-0.39, 0.29) is 29.4 Å². The standard InChI is InChI=1S/C38H43F3N6O8/c1-18(2)29-33(30(19(3)4)43-17-42-29)46-31-21(14-23(40)27(28(31)41)26-22(39)12-11-13-25(26)53-9)32(34(35(46)48)47(51)52)45-15-20(5)44(16-24(45)36(49)54-10)37(50)55-38(6,7)8/h11-14,17-20,24H,15-16H2,1-10H3/t20-,24-/m1/s1. The summed E-state index contributed by atoms with van der Waals surface area (Å²) < 4.78 is 66.6. The van der Waals surface area contributed by atoms with Crippen LogP contribution in [0.5, 0.6) is 5.75 Å². The van der Waals surface area contributed by atoms with Crippen LogP contribution in [0.2, 0.25) is 0 Å². The summed E-state index contributed by atoms with van der Waals surface area (Å²) in [6.07, 6.45) is 0.456. The Morgan fingerprint density at radius 2 is 1.58 bits per heavy atom. The number of pyridine rings is 1. The molecule has 1 amide bonds. The van der Waals surface area contributed by atoms with E-state index in [4.69, 9.17) is 14.2 Å². The number of ether oxygens (including phenoxy) is 3. The zero-order valence-electron chi connectivity index (χ0n) is 32.2. The first-order chi connectivity index (χ1) is 25.7. The van der Waals surface area contributed by atoms with Gasteiger partial charge < -0.3 is 24.0 Å². The number of anilines is 1. The van der Waals surface area contributed by atoms with Crippen LogP contribution < -0.4 is 15.2 Å². The number of carbonyl (C=O) groups is 2. The molecular weight excluding hydrogens is 725 g/mol. The second-order valence-corrected chi connectivity index (χ2v) is 14.8. The first kappa shape index (κ1) is 40.4. The van der Waals surface area contributed by atoms with Crippen LogP contribution in [0.4, 0.5) is 29.3 Å².